The third kappa shape index (κ3) is 3.57. The number of hydrogen-bond donors (Lipinski definition) is 0. The van der Waals surface area contributed by atoms with Crippen LogP contribution in [0.5, 0.6) is 0 Å². The molecular weight excluding hydrogens is 138 g/mol. The number of nitrogens with zero attached hydrogens (tertiary/aromatic N) is 1. The van der Waals surface area contributed by atoms with Crippen molar-refractivity contribution < 1.29 is 4.79 Å². The first-order valence-electron chi connectivity index (χ1n) is 3.71. The Morgan fingerprint density at radius 3 is 2.45 bits per heavy atom. The number of Topliss-reactive ketones (excluding diaryl/α,β-unsaturated/α-hetero) is 1. The molecule has 60 valence electrons. The Labute approximate surface area is 67.5 Å². The van der Waals surface area contributed by atoms with Gasteiger partial charge in [-0.15, -0.1) is 0 Å². The predicted molar refractivity (Wildman–Crippen MR) is 43.8 cm³/mol. The number of carbonyl (C=O) groups excluding carboxylic acids is 1. The zero-order chi connectivity index (χ0) is 8.85. The zero-order valence-electron chi connectivity index (χ0n) is 7.22. The van der Waals surface area contributed by atoms with E-state index < -0.39 is 0 Å². The molecule has 0 aromatic heterocycles. The molecule has 0 spiro atoms. The molecule has 0 rings (SSSR count). The minimum Gasteiger partial charge on any atom is -0.293 e. The summed E-state index contributed by atoms with van der Waals surface area (Å²) in [6.07, 6.45) is 2.03. The van der Waals surface area contributed by atoms with Gasteiger partial charge in [0.05, 0.1) is 5.57 Å². The minimum absolute atomic E-state index is 0.0509. The van der Waals surface area contributed by atoms with Crippen LogP contribution in [0.2, 0.25) is 0 Å². The number of allylic oxidation sites excluding steroid dienone is 2. The summed E-state index contributed by atoms with van der Waals surface area (Å²) >= 11 is 0. The van der Waals surface area contributed by atoms with Crippen molar-refractivity contribution in [2.24, 2.45) is 5.92 Å². The van der Waals surface area contributed by atoms with E-state index in [2.05, 4.69) is 0 Å². The number of rotatable bonds is 3. The van der Waals surface area contributed by atoms with Gasteiger partial charge in [0.1, 0.15) is 6.07 Å². The molecule has 0 atom stereocenters. The SMILES string of the molecule is C/C=C(\C#N)C(=O)CC(C)C. The molecule has 0 aliphatic carbocycles. The molecule has 0 amide bonds. The van der Waals surface area contributed by atoms with Crippen molar-refractivity contribution in [3.63, 3.8) is 0 Å². The summed E-state index contributed by atoms with van der Waals surface area (Å²) in [6, 6.07) is 1.87. The van der Waals surface area contributed by atoms with Gasteiger partial charge in [0, 0.05) is 6.42 Å². The number of carbonyl (C=O) groups is 1. The molecule has 0 heterocycles. The van der Waals surface area contributed by atoms with Gasteiger partial charge in [-0.3, -0.25) is 4.79 Å². The van der Waals surface area contributed by atoms with E-state index in [0.29, 0.717) is 12.3 Å². The summed E-state index contributed by atoms with van der Waals surface area (Å²) in [6.45, 7) is 5.63. The normalized spacial score (nSPS) is 11.4. The van der Waals surface area contributed by atoms with Crippen LogP contribution in [0, 0.1) is 17.2 Å². The van der Waals surface area contributed by atoms with Gasteiger partial charge < -0.3 is 0 Å². The molecule has 0 N–H and O–H groups in total. The number of ketones is 1. The van der Waals surface area contributed by atoms with Crippen molar-refractivity contribution in [3.05, 3.63) is 11.6 Å². The Balaban J connectivity index is 4.16. The Morgan fingerprint density at radius 1 is 1.64 bits per heavy atom. The molecule has 0 radical (unpaired) electrons. The first kappa shape index (κ1) is 9.90. The van der Waals surface area contributed by atoms with Crippen molar-refractivity contribution in [3.8, 4) is 6.07 Å². The lowest BCUT2D eigenvalue weighted by Gasteiger charge is -2.00. The maximum atomic E-state index is 11.1. The van der Waals surface area contributed by atoms with E-state index in [-0.39, 0.29) is 11.4 Å². The molecule has 0 bridgehead atoms. The molecule has 0 aliphatic rings. The molecule has 0 aromatic rings. The number of nitriles is 1. The summed E-state index contributed by atoms with van der Waals surface area (Å²) in [7, 11) is 0. The van der Waals surface area contributed by atoms with Crippen LogP contribution in [0.4, 0.5) is 0 Å². The fourth-order valence-corrected chi connectivity index (χ4v) is 0.769. The minimum atomic E-state index is -0.0509. The van der Waals surface area contributed by atoms with Crippen LogP contribution in [-0.2, 0) is 4.79 Å². The monoisotopic (exact) mass is 151 g/mol. The molecule has 0 unspecified atom stereocenters. The van der Waals surface area contributed by atoms with Crippen molar-refractivity contribution in [1.29, 1.82) is 5.26 Å². The average Bonchev–Trinajstić information content (AvgIpc) is 1.88. The van der Waals surface area contributed by atoms with Crippen LogP contribution in [-0.4, -0.2) is 5.78 Å². The lowest BCUT2D eigenvalue weighted by Crippen LogP contribution is -2.04. The lowest BCUT2D eigenvalue weighted by molar-refractivity contribution is -0.115. The summed E-state index contributed by atoms with van der Waals surface area (Å²) in [5, 5.41) is 8.47. The fourth-order valence-electron chi connectivity index (χ4n) is 0.769. The van der Waals surface area contributed by atoms with Crippen molar-refractivity contribution in [2.45, 2.75) is 27.2 Å². The average molecular weight is 151 g/mol. The van der Waals surface area contributed by atoms with Crippen LogP contribution < -0.4 is 0 Å². The largest absolute Gasteiger partial charge is 0.293 e. The Bertz CT molecular complexity index is 208. The molecular formula is C9H13NO. The molecule has 0 aromatic carbocycles. The highest BCUT2D eigenvalue weighted by Gasteiger charge is 2.08. The Kier molecular flexibility index (Phi) is 4.21. The van der Waals surface area contributed by atoms with Crippen molar-refractivity contribution in [1.82, 2.24) is 0 Å². The first-order valence-corrected chi connectivity index (χ1v) is 3.71. The third-order valence-electron chi connectivity index (χ3n) is 1.30. The van der Waals surface area contributed by atoms with E-state index in [1.54, 1.807) is 13.0 Å². The van der Waals surface area contributed by atoms with Gasteiger partial charge in [-0.1, -0.05) is 19.9 Å². The van der Waals surface area contributed by atoms with Crippen LogP contribution in [0.3, 0.4) is 0 Å². The molecule has 2 heteroatoms. The summed E-state index contributed by atoms with van der Waals surface area (Å²) < 4.78 is 0. The van der Waals surface area contributed by atoms with E-state index in [1.807, 2.05) is 19.9 Å². The molecule has 0 fully saturated rings. The highest BCUT2D eigenvalue weighted by Crippen LogP contribution is 2.06. The highest BCUT2D eigenvalue weighted by molar-refractivity contribution is 5.98. The predicted octanol–water partition coefficient (Wildman–Crippen LogP) is 2.07. The Morgan fingerprint density at radius 2 is 2.18 bits per heavy atom. The van der Waals surface area contributed by atoms with E-state index in [9.17, 15) is 4.79 Å². The topological polar surface area (TPSA) is 40.9 Å². The van der Waals surface area contributed by atoms with E-state index in [1.165, 1.54) is 0 Å². The smallest absolute Gasteiger partial charge is 0.173 e. The maximum absolute atomic E-state index is 11.1. The molecule has 0 saturated carbocycles. The van der Waals surface area contributed by atoms with E-state index in [4.69, 9.17) is 5.26 Å². The number of hydrogen-bond acceptors (Lipinski definition) is 2. The maximum Gasteiger partial charge on any atom is 0.173 e. The molecule has 0 saturated heterocycles. The molecule has 2 nitrogen and oxygen atoms in total. The molecule has 11 heavy (non-hydrogen) atoms. The van der Waals surface area contributed by atoms with Gasteiger partial charge >= 0.3 is 0 Å². The van der Waals surface area contributed by atoms with Crippen LogP contribution >= 0.6 is 0 Å². The van der Waals surface area contributed by atoms with Gasteiger partial charge in [0.15, 0.2) is 5.78 Å². The Hall–Kier alpha value is -1.10. The summed E-state index contributed by atoms with van der Waals surface area (Å²) in [4.78, 5) is 11.1. The van der Waals surface area contributed by atoms with Crippen molar-refractivity contribution in [2.75, 3.05) is 0 Å². The highest BCUT2D eigenvalue weighted by atomic mass is 16.1. The standard InChI is InChI=1S/C9H13NO/c1-4-8(6-10)9(11)5-7(2)3/h4,7H,5H2,1-3H3/b8-4+. The van der Waals surface area contributed by atoms with Crippen molar-refractivity contribution >= 4 is 5.78 Å². The van der Waals surface area contributed by atoms with Gasteiger partial charge in [-0.05, 0) is 12.8 Å². The quantitative estimate of drug-likeness (QED) is 0.457. The second-order valence-electron chi connectivity index (χ2n) is 2.84. The van der Waals surface area contributed by atoms with Crippen LogP contribution in [0.15, 0.2) is 11.6 Å². The summed E-state index contributed by atoms with van der Waals surface area (Å²) in [5.41, 5.74) is 0.277. The zero-order valence-corrected chi connectivity index (χ0v) is 7.22. The van der Waals surface area contributed by atoms with Crippen LogP contribution in [0.1, 0.15) is 27.2 Å². The van der Waals surface area contributed by atoms with E-state index in [0.717, 1.165) is 0 Å². The van der Waals surface area contributed by atoms with Gasteiger partial charge in [0.25, 0.3) is 0 Å². The third-order valence-corrected chi connectivity index (χ3v) is 1.30. The lowest BCUT2D eigenvalue weighted by atomic mass is 10.0. The van der Waals surface area contributed by atoms with Crippen LogP contribution in [0.25, 0.3) is 0 Å². The second kappa shape index (κ2) is 4.68. The van der Waals surface area contributed by atoms with Gasteiger partial charge in [-0.25, -0.2) is 0 Å². The fraction of sp³-hybridized carbons (Fsp3) is 0.556. The summed E-state index contributed by atoms with van der Waals surface area (Å²) in [5.74, 6) is 0.274. The molecule has 0 aliphatic heterocycles. The van der Waals surface area contributed by atoms with E-state index >= 15 is 0 Å². The first-order chi connectivity index (χ1) is 5.11. The second-order valence-corrected chi connectivity index (χ2v) is 2.84. The van der Waals surface area contributed by atoms with Gasteiger partial charge in [0.2, 0.25) is 0 Å². The van der Waals surface area contributed by atoms with Gasteiger partial charge in [-0.2, -0.15) is 5.26 Å².